The van der Waals surface area contributed by atoms with Crippen molar-refractivity contribution in [1.82, 2.24) is 5.32 Å². The van der Waals surface area contributed by atoms with Crippen molar-refractivity contribution in [2.75, 3.05) is 19.8 Å². The predicted octanol–water partition coefficient (Wildman–Crippen LogP) is 1.31. The lowest BCUT2D eigenvalue weighted by Gasteiger charge is -2.22. The molecule has 2 N–H and O–H groups in total. The third-order valence-corrected chi connectivity index (χ3v) is 2.74. The molecule has 2 unspecified atom stereocenters. The average molecular weight is 201 g/mol. The van der Waals surface area contributed by atoms with Crippen LogP contribution in [-0.2, 0) is 4.74 Å². The van der Waals surface area contributed by atoms with Crippen LogP contribution in [0.5, 0.6) is 0 Å². The van der Waals surface area contributed by atoms with Gasteiger partial charge in [-0.25, -0.2) is 0 Å². The number of hydrogen-bond donors (Lipinski definition) is 2. The van der Waals surface area contributed by atoms with Crippen molar-refractivity contribution in [3.05, 3.63) is 0 Å². The number of rotatable bonds is 6. The first-order valence-electron chi connectivity index (χ1n) is 5.78. The molecule has 1 aliphatic rings. The summed E-state index contributed by atoms with van der Waals surface area (Å²) < 4.78 is 5.63. The quantitative estimate of drug-likeness (QED) is 0.637. The molecule has 0 saturated carbocycles. The van der Waals surface area contributed by atoms with Crippen molar-refractivity contribution in [1.29, 1.82) is 0 Å². The van der Waals surface area contributed by atoms with E-state index >= 15 is 0 Å². The van der Waals surface area contributed by atoms with Crippen molar-refractivity contribution >= 4 is 0 Å². The van der Waals surface area contributed by atoms with Gasteiger partial charge in [0.15, 0.2) is 0 Å². The Balaban J connectivity index is 1.92. The molecule has 1 aliphatic heterocycles. The molecule has 0 aromatic heterocycles. The summed E-state index contributed by atoms with van der Waals surface area (Å²) in [5.41, 5.74) is 0. The second kappa shape index (κ2) is 7.21. The van der Waals surface area contributed by atoms with E-state index in [2.05, 4.69) is 5.32 Å². The summed E-state index contributed by atoms with van der Waals surface area (Å²) in [6.07, 6.45) is 6.59. The maximum absolute atomic E-state index is 8.80. The van der Waals surface area contributed by atoms with Gasteiger partial charge >= 0.3 is 0 Å². The van der Waals surface area contributed by atoms with Gasteiger partial charge in [-0.15, -0.1) is 0 Å². The first-order valence-corrected chi connectivity index (χ1v) is 5.78. The van der Waals surface area contributed by atoms with Crippen LogP contribution in [0.2, 0.25) is 0 Å². The molecule has 3 heteroatoms. The predicted molar refractivity (Wildman–Crippen MR) is 57.4 cm³/mol. The van der Waals surface area contributed by atoms with Gasteiger partial charge in [0.05, 0.1) is 12.7 Å². The Bertz CT molecular complexity index is 135. The van der Waals surface area contributed by atoms with Gasteiger partial charge in [0.25, 0.3) is 0 Å². The summed E-state index contributed by atoms with van der Waals surface area (Å²) in [6.45, 7) is 4.16. The van der Waals surface area contributed by atoms with E-state index in [9.17, 15) is 0 Å². The van der Waals surface area contributed by atoms with E-state index in [4.69, 9.17) is 9.84 Å². The fraction of sp³-hybridized carbons (Fsp3) is 1.00. The Hall–Kier alpha value is -0.120. The summed E-state index contributed by atoms with van der Waals surface area (Å²) in [5, 5.41) is 12.1. The van der Waals surface area contributed by atoms with Crippen molar-refractivity contribution in [2.24, 2.45) is 0 Å². The Kier molecular flexibility index (Phi) is 6.15. The van der Waals surface area contributed by atoms with Crippen molar-refractivity contribution in [2.45, 2.75) is 51.2 Å². The third-order valence-electron chi connectivity index (χ3n) is 2.74. The molecule has 14 heavy (non-hydrogen) atoms. The Labute approximate surface area is 86.8 Å². The number of hydrogen-bond acceptors (Lipinski definition) is 3. The van der Waals surface area contributed by atoms with Gasteiger partial charge in [-0.1, -0.05) is 0 Å². The lowest BCUT2D eigenvalue weighted by Crippen LogP contribution is -2.30. The zero-order valence-corrected chi connectivity index (χ0v) is 9.17. The molecular weight excluding hydrogens is 178 g/mol. The normalized spacial score (nSPS) is 24.9. The smallest absolute Gasteiger partial charge is 0.0581 e. The molecule has 0 spiro atoms. The van der Waals surface area contributed by atoms with Crippen molar-refractivity contribution < 1.29 is 9.84 Å². The van der Waals surface area contributed by atoms with Crippen LogP contribution in [-0.4, -0.2) is 37.0 Å². The SMILES string of the molecule is CC(CO)NCCCC1CCCCO1. The summed E-state index contributed by atoms with van der Waals surface area (Å²) >= 11 is 0. The van der Waals surface area contributed by atoms with Gasteiger partial charge in [-0.3, -0.25) is 0 Å². The van der Waals surface area contributed by atoms with Gasteiger partial charge in [0.2, 0.25) is 0 Å². The molecule has 1 heterocycles. The van der Waals surface area contributed by atoms with Gasteiger partial charge < -0.3 is 15.2 Å². The summed E-state index contributed by atoms with van der Waals surface area (Å²) in [4.78, 5) is 0. The van der Waals surface area contributed by atoms with Crippen LogP contribution in [0.25, 0.3) is 0 Å². The van der Waals surface area contributed by atoms with Gasteiger partial charge in [0.1, 0.15) is 0 Å². The van der Waals surface area contributed by atoms with Crippen LogP contribution in [0.15, 0.2) is 0 Å². The molecule has 1 fully saturated rings. The number of nitrogens with one attached hydrogen (secondary N) is 1. The molecule has 0 bridgehead atoms. The van der Waals surface area contributed by atoms with Crippen LogP contribution >= 0.6 is 0 Å². The van der Waals surface area contributed by atoms with E-state index < -0.39 is 0 Å². The van der Waals surface area contributed by atoms with E-state index in [-0.39, 0.29) is 12.6 Å². The molecule has 1 rings (SSSR count). The minimum atomic E-state index is 0.222. The highest BCUT2D eigenvalue weighted by molar-refractivity contribution is 4.65. The van der Waals surface area contributed by atoms with Crippen LogP contribution in [0.3, 0.4) is 0 Å². The topological polar surface area (TPSA) is 41.5 Å². The zero-order valence-electron chi connectivity index (χ0n) is 9.17. The highest BCUT2D eigenvalue weighted by atomic mass is 16.5. The van der Waals surface area contributed by atoms with Gasteiger partial charge in [0, 0.05) is 12.6 Å². The van der Waals surface area contributed by atoms with Crippen molar-refractivity contribution in [3.63, 3.8) is 0 Å². The molecule has 0 aliphatic carbocycles. The van der Waals surface area contributed by atoms with Gasteiger partial charge in [-0.05, 0) is 45.6 Å². The van der Waals surface area contributed by atoms with Crippen LogP contribution in [0, 0.1) is 0 Å². The van der Waals surface area contributed by atoms with E-state index in [0.717, 1.165) is 26.0 Å². The Morgan fingerprint density at radius 2 is 2.36 bits per heavy atom. The molecule has 2 atom stereocenters. The third kappa shape index (κ3) is 4.94. The largest absolute Gasteiger partial charge is 0.395 e. The summed E-state index contributed by atoms with van der Waals surface area (Å²) in [7, 11) is 0. The van der Waals surface area contributed by atoms with Crippen molar-refractivity contribution in [3.8, 4) is 0 Å². The van der Waals surface area contributed by atoms with E-state index in [1.165, 1.54) is 19.3 Å². The molecule has 84 valence electrons. The monoisotopic (exact) mass is 201 g/mol. The number of aliphatic hydroxyl groups is 1. The van der Waals surface area contributed by atoms with Crippen LogP contribution in [0.4, 0.5) is 0 Å². The molecule has 0 amide bonds. The standard InChI is InChI=1S/C11H23NO2/c1-10(9-13)12-7-4-6-11-5-2-3-8-14-11/h10-13H,2-9H2,1H3. The Morgan fingerprint density at radius 1 is 1.50 bits per heavy atom. The van der Waals surface area contributed by atoms with Crippen LogP contribution in [0.1, 0.15) is 39.0 Å². The molecule has 0 aromatic rings. The molecule has 0 aromatic carbocycles. The summed E-state index contributed by atoms with van der Waals surface area (Å²) in [5.74, 6) is 0. The zero-order chi connectivity index (χ0) is 10.2. The van der Waals surface area contributed by atoms with E-state index in [0.29, 0.717) is 6.10 Å². The highest BCUT2D eigenvalue weighted by Crippen LogP contribution is 2.16. The average Bonchev–Trinajstić information content (AvgIpc) is 2.25. The molecule has 0 radical (unpaired) electrons. The van der Waals surface area contributed by atoms with E-state index in [1.54, 1.807) is 0 Å². The fourth-order valence-corrected chi connectivity index (χ4v) is 1.78. The minimum absolute atomic E-state index is 0.222. The lowest BCUT2D eigenvalue weighted by atomic mass is 10.0. The first kappa shape index (κ1) is 12.0. The first-order chi connectivity index (χ1) is 6.83. The Morgan fingerprint density at radius 3 is 3.00 bits per heavy atom. The highest BCUT2D eigenvalue weighted by Gasteiger charge is 2.12. The second-order valence-electron chi connectivity index (χ2n) is 4.17. The lowest BCUT2D eigenvalue weighted by molar-refractivity contribution is 0.0101. The molecule has 1 saturated heterocycles. The van der Waals surface area contributed by atoms with Crippen LogP contribution < -0.4 is 5.32 Å². The van der Waals surface area contributed by atoms with E-state index in [1.807, 2.05) is 6.92 Å². The van der Waals surface area contributed by atoms with Gasteiger partial charge in [-0.2, -0.15) is 0 Å². The number of ether oxygens (including phenoxy) is 1. The maximum Gasteiger partial charge on any atom is 0.0581 e. The second-order valence-corrected chi connectivity index (χ2v) is 4.17. The number of aliphatic hydroxyl groups excluding tert-OH is 1. The molecule has 3 nitrogen and oxygen atoms in total. The summed E-state index contributed by atoms with van der Waals surface area (Å²) in [6, 6.07) is 0.224. The minimum Gasteiger partial charge on any atom is -0.395 e. The maximum atomic E-state index is 8.80. The fourth-order valence-electron chi connectivity index (χ4n) is 1.78. The molecular formula is C11H23NO2.